The van der Waals surface area contributed by atoms with Crippen LogP contribution in [-0.4, -0.2) is 50.8 Å². The Morgan fingerprint density at radius 2 is 1.49 bits per heavy atom. The van der Waals surface area contributed by atoms with Gasteiger partial charge in [0.2, 0.25) is 0 Å². The predicted octanol–water partition coefficient (Wildman–Crippen LogP) is 5.37. The number of hydrogen-bond acceptors (Lipinski definition) is 6. The van der Waals surface area contributed by atoms with Crippen LogP contribution in [0.2, 0.25) is 0 Å². The highest BCUT2D eigenvalue weighted by Crippen LogP contribution is 2.23. The molecule has 0 saturated carbocycles. The fraction of sp³-hybridized carbons (Fsp3) is 0.222. The minimum Gasteiger partial charge on any atom is -0.478 e. The van der Waals surface area contributed by atoms with Crippen molar-refractivity contribution in [3.63, 3.8) is 0 Å². The molecule has 4 aromatic rings. The third-order valence-electron chi connectivity index (χ3n) is 5.42. The van der Waals surface area contributed by atoms with Gasteiger partial charge in [-0.05, 0) is 47.4 Å². The zero-order chi connectivity index (χ0) is 29.0. The first-order chi connectivity index (χ1) is 18.2. The summed E-state index contributed by atoms with van der Waals surface area (Å²) in [5.41, 5.74) is 3.98. The topological polar surface area (TPSA) is 123 Å². The molecular weight excluding hydrogens is 517 g/mol. The van der Waals surface area contributed by atoms with Gasteiger partial charge in [-0.25, -0.2) is 19.1 Å². The molecule has 0 unspecified atom stereocenters. The number of carboxylic acid groups (broad SMARTS) is 1. The third kappa shape index (κ3) is 7.40. The molecule has 1 amide bonds. The number of amides is 1. The number of hydrogen-bond donors (Lipinski definition) is 2. The molecule has 39 heavy (non-hydrogen) atoms. The van der Waals surface area contributed by atoms with E-state index in [0.29, 0.717) is 29.8 Å². The van der Waals surface area contributed by atoms with Gasteiger partial charge in [-0.15, -0.1) is 0 Å². The van der Waals surface area contributed by atoms with Crippen LogP contribution < -0.4 is 5.32 Å². The van der Waals surface area contributed by atoms with Crippen molar-refractivity contribution in [3.8, 4) is 11.3 Å². The summed E-state index contributed by atoms with van der Waals surface area (Å²) < 4.78 is 37.9. The highest BCUT2D eigenvalue weighted by atomic mass is 19.4. The van der Waals surface area contributed by atoms with Crippen molar-refractivity contribution in [2.24, 2.45) is 0 Å². The first-order valence-corrected chi connectivity index (χ1v) is 11.5. The maximum absolute atomic E-state index is 12.6. The molecule has 9 nitrogen and oxygen atoms in total. The molecule has 4 rings (SSSR count). The number of carbonyl (C=O) groups excluding carboxylic acids is 2. The molecule has 0 spiro atoms. The Balaban J connectivity index is 0.000000459. The van der Waals surface area contributed by atoms with Crippen LogP contribution >= 0.6 is 0 Å². The number of esters is 1. The van der Waals surface area contributed by atoms with E-state index in [4.69, 9.17) is 5.11 Å². The zero-order valence-corrected chi connectivity index (χ0v) is 21.4. The first kappa shape index (κ1) is 28.8. The van der Waals surface area contributed by atoms with E-state index in [-0.39, 0.29) is 16.9 Å². The fourth-order valence-electron chi connectivity index (χ4n) is 3.31. The number of ether oxygens (including phenoxy) is 1. The molecule has 2 heterocycles. The Kier molecular flexibility index (Phi) is 8.38. The van der Waals surface area contributed by atoms with Crippen LogP contribution in [0.5, 0.6) is 0 Å². The summed E-state index contributed by atoms with van der Waals surface area (Å²) in [6, 6.07) is 17.6. The van der Waals surface area contributed by atoms with Crippen LogP contribution in [0.15, 0.2) is 66.9 Å². The Hall–Kier alpha value is -4.74. The fourth-order valence-corrected chi connectivity index (χ4v) is 3.31. The summed E-state index contributed by atoms with van der Waals surface area (Å²) in [5.74, 6) is -2.99. The van der Waals surface area contributed by atoms with Crippen molar-refractivity contribution in [2.45, 2.75) is 32.4 Å². The van der Waals surface area contributed by atoms with Gasteiger partial charge in [0.1, 0.15) is 0 Å². The number of aromatic carboxylic acids is 1. The largest absolute Gasteiger partial charge is 0.490 e. The van der Waals surface area contributed by atoms with E-state index < -0.39 is 18.1 Å². The molecule has 0 aliphatic rings. The Morgan fingerprint density at radius 1 is 0.897 bits per heavy atom. The zero-order valence-electron chi connectivity index (χ0n) is 21.4. The molecular formula is C27H25F3N4O5. The average Bonchev–Trinajstić information content (AvgIpc) is 3.29. The summed E-state index contributed by atoms with van der Waals surface area (Å²) in [6.07, 6.45) is -3.21. The molecule has 2 aromatic carbocycles. The molecule has 0 atom stereocenters. The number of nitrogens with one attached hydrogen (secondary N) is 1. The molecule has 0 bridgehead atoms. The number of aromatic nitrogens is 3. The SMILES string of the molecule is CC(C)(C)c1ccc(C(=O)Nc2cn3nc(-c4ccc(C(=O)O)cc4)ccc3n2)cc1.COC(=O)C(F)(F)F. The van der Waals surface area contributed by atoms with Crippen LogP contribution in [0.1, 0.15) is 47.1 Å². The van der Waals surface area contributed by atoms with Crippen LogP contribution in [0, 0.1) is 0 Å². The molecule has 0 radical (unpaired) electrons. The van der Waals surface area contributed by atoms with E-state index in [1.54, 1.807) is 35.0 Å². The number of methoxy groups -OCH3 is 1. The van der Waals surface area contributed by atoms with Crippen molar-refractivity contribution in [1.29, 1.82) is 0 Å². The van der Waals surface area contributed by atoms with E-state index >= 15 is 0 Å². The first-order valence-electron chi connectivity index (χ1n) is 11.5. The Morgan fingerprint density at radius 3 is 1.97 bits per heavy atom. The van der Waals surface area contributed by atoms with Crippen molar-refractivity contribution < 1.29 is 37.4 Å². The number of carboxylic acids is 1. The molecule has 0 saturated heterocycles. The van der Waals surface area contributed by atoms with Crippen LogP contribution in [0.25, 0.3) is 16.9 Å². The number of nitrogens with zero attached hydrogens (tertiary/aromatic N) is 3. The highest BCUT2D eigenvalue weighted by molar-refractivity contribution is 6.03. The molecule has 12 heteroatoms. The van der Waals surface area contributed by atoms with Gasteiger partial charge >= 0.3 is 18.1 Å². The lowest BCUT2D eigenvalue weighted by Gasteiger charge is -2.18. The second kappa shape index (κ2) is 11.3. The van der Waals surface area contributed by atoms with E-state index in [9.17, 15) is 27.6 Å². The quantitative estimate of drug-likeness (QED) is 0.333. The van der Waals surface area contributed by atoms with Crippen molar-refractivity contribution in [1.82, 2.24) is 14.6 Å². The van der Waals surface area contributed by atoms with Crippen LogP contribution in [-0.2, 0) is 14.9 Å². The number of anilines is 1. The molecule has 0 fully saturated rings. The van der Waals surface area contributed by atoms with Crippen molar-refractivity contribution in [2.75, 3.05) is 12.4 Å². The van der Waals surface area contributed by atoms with Gasteiger partial charge in [-0.2, -0.15) is 18.3 Å². The maximum atomic E-state index is 12.6. The monoisotopic (exact) mass is 542 g/mol. The average molecular weight is 543 g/mol. The smallest absolute Gasteiger partial charge is 0.478 e. The van der Waals surface area contributed by atoms with Crippen molar-refractivity contribution >= 4 is 29.3 Å². The normalized spacial score (nSPS) is 11.4. The van der Waals surface area contributed by atoms with Crippen LogP contribution in [0.3, 0.4) is 0 Å². The minimum absolute atomic E-state index is 0.0218. The van der Waals surface area contributed by atoms with Gasteiger partial charge in [0.25, 0.3) is 5.91 Å². The van der Waals surface area contributed by atoms with E-state index in [0.717, 1.165) is 11.1 Å². The molecule has 0 aliphatic heterocycles. The summed E-state index contributed by atoms with van der Waals surface area (Å²) in [6.45, 7) is 6.38. The number of benzene rings is 2. The number of carbonyl (C=O) groups is 3. The lowest BCUT2D eigenvalue weighted by atomic mass is 9.87. The molecule has 204 valence electrons. The number of imidazole rings is 1. The molecule has 2 aromatic heterocycles. The van der Waals surface area contributed by atoms with Gasteiger partial charge in [-0.3, -0.25) is 4.79 Å². The van der Waals surface area contributed by atoms with E-state index in [2.05, 4.69) is 40.9 Å². The third-order valence-corrected chi connectivity index (χ3v) is 5.42. The lowest BCUT2D eigenvalue weighted by Crippen LogP contribution is -2.23. The predicted molar refractivity (Wildman–Crippen MR) is 137 cm³/mol. The lowest BCUT2D eigenvalue weighted by molar-refractivity contribution is -0.196. The Labute approximate surface area is 221 Å². The van der Waals surface area contributed by atoms with Gasteiger partial charge in [0.15, 0.2) is 11.5 Å². The van der Waals surface area contributed by atoms with E-state index in [1.807, 2.05) is 24.3 Å². The molecule has 2 N–H and O–H groups in total. The second-order valence-electron chi connectivity index (χ2n) is 9.30. The van der Waals surface area contributed by atoms with Crippen molar-refractivity contribution in [3.05, 3.63) is 83.6 Å². The number of fused-ring (bicyclic) bond motifs is 1. The van der Waals surface area contributed by atoms with Crippen LogP contribution in [0.4, 0.5) is 19.0 Å². The maximum Gasteiger partial charge on any atom is 0.490 e. The van der Waals surface area contributed by atoms with Gasteiger partial charge in [0, 0.05) is 11.1 Å². The summed E-state index contributed by atoms with van der Waals surface area (Å²) >= 11 is 0. The summed E-state index contributed by atoms with van der Waals surface area (Å²) in [4.78, 5) is 37.5. The standard InChI is InChI=1S/C24H22N4O3.C3H3F3O2/c1-24(2,3)18-10-8-16(9-11-18)22(29)26-20-14-28-21(25-20)13-12-19(27-28)15-4-6-17(7-5-15)23(30)31;1-8-2(7)3(4,5)6/h4-14H,1-3H3,(H,26,29)(H,30,31);1H3. The number of alkyl halides is 3. The minimum atomic E-state index is -4.85. The second-order valence-corrected chi connectivity index (χ2v) is 9.30. The van der Waals surface area contributed by atoms with Gasteiger partial charge < -0.3 is 15.2 Å². The highest BCUT2D eigenvalue weighted by Gasteiger charge is 2.40. The van der Waals surface area contributed by atoms with Gasteiger partial charge in [0.05, 0.1) is 24.6 Å². The summed E-state index contributed by atoms with van der Waals surface area (Å²) in [5, 5.41) is 16.4. The van der Waals surface area contributed by atoms with E-state index in [1.165, 1.54) is 12.1 Å². The summed E-state index contributed by atoms with van der Waals surface area (Å²) in [7, 11) is 0.676. The molecule has 0 aliphatic carbocycles. The van der Waals surface area contributed by atoms with Gasteiger partial charge in [-0.1, -0.05) is 45.0 Å². The Bertz CT molecular complexity index is 1490. The number of halogens is 3. The number of rotatable bonds is 4.